The summed E-state index contributed by atoms with van der Waals surface area (Å²) in [5.41, 5.74) is 1.14. The summed E-state index contributed by atoms with van der Waals surface area (Å²) in [4.78, 5) is 6.55. The zero-order valence-electron chi connectivity index (χ0n) is 17.1. The standard InChI is InChI=1S/C21H27N5O2S/c1-15-9-16(2)12-25(11-15)20-23-24-21(26(20)13-18-5-4-8-28-18)29-14-17-6-7-22-19(10-17)27-3/h4-8,10,15-16H,9,11-14H2,1-3H3. The van der Waals surface area contributed by atoms with E-state index < -0.39 is 0 Å². The van der Waals surface area contributed by atoms with Crippen LogP contribution in [0.1, 0.15) is 31.6 Å². The molecule has 154 valence electrons. The highest BCUT2D eigenvalue weighted by Crippen LogP contribution is 2.30. The van der Waals surface area contributed by atoms with Crippen molar-refractivity contribution in [3.63, 3.8) is 0 Å². The topological polar surface area (TPSA) is 69.2 Å². The minimum absolute atomic E-state index is 0.622. The number of nitrogens with zero attached hydrogens (tertiary/aromatic N) is 5. The number of hydrogen-bond donors (Lipinski definition) is 0. The molecule has 1 aliphatic heterocycles. The second-order valence-corrected chi connectivity index (χ2v) is 8.74. The molecule has 7 nitrogen and oxygen atoms in total. The molecule has 4 heterocycles. The fourth-order valence-corrected chi connectivity index (χ4v) is 4.82. The van der Waals surface area contributed by atoms with Gasteiger partial charge in [-0.1, -0.05) is 25.6 Å². The molecule has 0 bridgehead atoms. The Bertz CT molecular complexity index is 917. The van der Waals surface area contributed by atoms with Gasteiger partial charge in [0.1, 0.15) is 5.76 Å². The second-order valence-electron chi connectivity index (χ2n) is 7.79. The van der Waals surface area contributed by atoms with Gasteiger partial charge < -0.3 is 14.1 Å². The van der Waals surface area contributed by atoms with E-state index in [1.54, 1.807) is 31.3 Å². The average molecular weight is 414 g/mol. The minimum Gasteiger partial charge on any atom is -0.481 e. The van der Waals surface area contributed by atoms with Gasteiger partial charge in [0.25, 0.3) is 0 Å². The molecule has 8 heteroatoms. The number of anilines is 1. The number of methoxy groups -OCH3 is 1. The summed E-state index contributed by atoms with van der Waals surface area (Å²) in [6.45, 7) is 7.25. The molecule has 0 spiro atoms. The summed E-state index contributed by atoms with van der Waals surface area (Å²) in [6.07, 6.45) is 4.74. The van der Waals surface area contributed by atoms with Crippen molar-refractivity contribution in [3.05, 3.63) is 48.0 Å². The van der Waals surface area contributed by atoms with Gasteiger partial charge in [-0.25, -0.2) is 4.98 Å². The van der Waals surface area contributed by atoms with E-state index in [4.69, 9.17) is 9.15 Å². The van der Waals surface area contributed by atoms with Crippen LogP contribution in [0.2, 0.25) is 0 Å². The van der Waals surface area contributed by atoms with Gasteiger partial charge >= 0.3 is 0 Å². The number of piperidine rings is 1. The molecule has 0 amide bonds. The number of rotatable bonds is 7. The first-order valence-electron chi connectivity index (χ1n) is 9.94. The predicted octanol–water partition coefficient (Wildman–Crippen LogP) is 4.10. The van der Waals surface area contributed by atoms with Crippen LogP contribution in [-0.2, 0) is 12.3 Å². The lowest BCUT2D eigenvalue weighted by atomic mass is 9.92. The second kappa shape index (κ2) is 8.90. The van der Waals surface area contributed by atoms with Gasteiger partial charge in [0.2, 0.25) is 11.8 Å². The van der Waals surface area contributed by atoms with Gasteiger partial charge in [0, 0.05) is 31.1 Å². The highest BCUT2D eigenvalue weighted by molar-refractivity contribution is 7.98. The predicted molar refractivity (Wildman–Crippen MR) is 113 cm³/mol. The molecule has 3 aromatic heterocycles. The van der Waals surface area contributed by atoms with Gasteiger partial charge in [0.05, 0.1) is 19.9 Å². The van der Waals surface area contributed by atoms with Gasteiger partial charge in [0.15, 0.2) is 5.16 Å². The lowest BCUT2D eigenvalue weighted by Crippen LogP contribution is -2.40. The van der Waals surface area contributed by atoms with E-state index >= 15 is 0 Å². The van der Waals surface area contributed by atoms with Gasteiger partial charge in [-0.05, 0) is 42.0 Å². The van der Waals surface area contributed by atoms with Crippen molar-refractivity contribution in [2.75, 3.05) is 25.1 Å². The number of furan rings is 1. The van der Waals surface area contributed by atoms with Crippen LogP contribution in [0.15, 0.2) is 46.3 Å². The van der Waals surface area contributed by atoms with Gasteiger partial charge in [-0.15, -0.1) is 10.2 Å². The van der Waals surface area contributed by atoms with Crippen molar-refractivity contribution >= 4 is 17.7 Å². The molecule has 0 radical (unpaired) electrons. The molecular weight excluding hydrogens is 386 g/mol. The fourth-order valence-electron chi connectivity index (χ4n) is 3.94. The fraction of sp³-hybridized carbons (Fsp3) is 0.476. The SMILES string of the molecule is COc1cc(CSc2nnc(N3CC(C)CC(C)C3)n2Cc2ccco2)ccn1. The molecule has 2 unspecified atom stereocenters. The van der Waals surface area contributed by atoms with Gasteiger partial charge in [-0.3, -0.25) is 4.57 Å². The van der Waals surface area contributed by atoms with Crippen LogP contribution in [0.5, 0.6) is 5.88 Å². The quantitative estimate of drug-likeness (QED) is 0.540. The van der Waals surface area contributed by atoms with Crippen molar-refractivity contribution in [1.82, 2.24) is 19.7 Å². The van der Waals surface area contributed by atoms with Crippen LogP contribution >= 0.6 is 11.8 Å². The molecule has 3 aromatic rings. The van der Waals surface area contributed by atoms with Crippen molar-refractivity contribution in [2.45, 2.75) is 37.7 Å². The van der Waals surface area contributed by atoms with Crippen molar-refractivity contribution in [2.24, 2.45) is 11.8 Å². The number of ether oxygens (including phenoxy) is 1. The molecule has 0 aliphatic carbocycles. The van der Waals surface area contributed by atoms with Crippen LogP contribution in [0, 0.1) is 11.8 Å². The maximum Gasteiger partial charge on any atom is 0.228 e. The summed E-state index contributed by atoms with van der Waals surface area (Å²) < 4.78 is 13.0. The third-order valence-electron chi connectivity index (χ3n) is 5.12. The van der Waals surface area contributed by atoms with Crippen LogP contribution < -0.4 is 9.64 Å². The molecule has 1 fully saturated rings. The Morgan fingerprint density at radius 3 is 2.76 bits per heavy atom. The zero-order valence-corrected chi connectivity index (χ0v) is 17.9. The Hall–Kier alpha value is -2.48. The van der Waals surface area contributed by atoms with E-state index in [1.165, 1.54) is 6.42 Å². The number of aromatic nitrogens is 4. The third kappa shape index (κ3) is 4.75. The summed E-state index contributed by atoms with van der Waals surface area (Å²) >= 11 is 1.67. The first-order chi connectivity index (χ1) is 14.1. The maximum absolute atomic E-state index is 5.61. The first kappa shape index (κ1) is 19.8. The Kier molecular flexibility index (Phi) is 6.08. The Balaban J connectivity index is 1.58. The molecule has 29 heavy (non-hydrogen) atoms. The first-order valence-corrected chi connectivity index (χ1v) is 10.9. The minimum atomic E-state index is 0.622. The van der Waals surface area contributed by atoms with E-state index in [2.05, 4.69) is 38.5 Å². The van der Waals surface area contributed by atoms with E-state index in [0.29, 0.717) is 24.3 Å². The molecular formula is C21H27N5O2S. The Morgan fingerprint density at radius 1 is 1.21 bits per heavy atom. The zero-order chi connectivity index (χ0) is 20.2. The molecule has 1 aliphatic rings. The number of hydrogen-bond acceptors (Lipinski definition) is 7. The van der Waals surface area contributed by atoms with Crippen molar-refractivity contribution in [3.8, 4) is 5.88 Å². The van der Waals surface area contributed by atoms with Crippen LogP contribution in [0.3, 0.4) is 0 Å². The van der Waals surface area contributed by atoms with Gasteiger partial charge in [-0.2, -0.15) is 0 Å². The summed E-state index contributed by atoms with van der Waals surface area (Å²) in [5, 5.41) is 9.99. The highest BCUT2D eigenvalue weighted by Gasteiger charge is 2.27. The molecule has 4 rings (SSSR count). The van der Waals surface area contributed by atoms with Crippen molar-refractivity contribution < 1.29 is 9.15 Å². The monoisotopic (exact) mass is 413 g/mol. The summed E-state index contributed by atoms with van der Waals surface area (Å²) in [5.74, 6) is 4.51. The molecule has 1 saturated heterocycles. The van der Waals surface area contributed by atoms with E-state index in [9.17, 15) is 0 Å². The molecule has 2 atom stereocenters. The molecule has 0 saturated carbocycles. The number of pyridine rings is 1. The van der Waals surface area contributed by atoms with Crippen molar-refractivity contribution in [1.29, 1.82) is 0 Å². The van der Waals surface area contributed by atoms with E-state index in [1.807, 2.05) is 24.3 Å². The van der Waals surface area contributed by atoms with Crippen LogP contribution in [0.25, 0.3) is 0 Å². The third-order valence-corrected chi connectivity index (χ3v) is 6.16. The number of thioether (sulfide) groups is 1. The summed E-state index contributed by atoms with van der Waals surface area (Å²) in [6, 6.07) is 7.86. The van der Waals surface area contributed by atoms with E-state index in [0.717, 1.165) is 41.3 Å². The largest absolute Gasteiger partial charge is 0.481 e. The van der Waals surface area contributed by atoms with E-state index in [-0.39, 0.29) is 0 Å². The maximum atomic E-state index is 5.61. The smallest absolute Gasteiger partial charge is 0.228 e. The van der Waals surface area contributed by atoms with Crippen LogP contribution in [-0.4, -0.2) is 39.9 Å². The lowest BCUT2D eigenvalue weighted by molar-refractivity contribution is 0.350. The van der Waals surface area contributed by atoms with Crippen LogP contribution in [0.4, 0.5) is 5.95 Å². The molecule has 0 aromatic carbocycles. The average Bonchev–Trinajstić information content (AvgIpc) is 3.36. The normalized spacial score (nSPS) is 19.5. The Labute approximate surface area is 175 Å². The lowest BCUT2D eigenvalue weighted by Gasteiger charge is -2.35. The molecule has 0 N–H and O–H groups in total. The summed E-state index contributed by atoms with van der Waals surface area (Å²) in [7, 11) is 1.63. The Morgan fingerprint density at radius 2 is 2.03 bits per heavy atom. The highest BCUT2D eigenvalue weighted by atomic mass is 32.2.